The molecule has 1 aromatic heterocycles. The maximum atomic E-state index is 11.1. The highest BCUT2D eigenvalue weighted by Crippen LogP contribution is 2.12. The second kappa shape index (κ2) is 4.12. The van der Waals surface area contributed by atoms with Crippen molar-refractivity contribution in [3.05, 3.63) is 18.0 Å². The van der Waals surface area contributed by atoms with E-state index in [1.165, 1.54) is 0 Å². The summed E-state index contributed by atoms with van der Waals surface area (Å²) in [7, 11) is -1.77. The van der Waals surface area contributed by atoms with Crippen molar-refractivity contribution in [2.24, 2.45) is 5.14 Å². The van der Waals surface area contributed by atoms with Crippen LogP contribution < -0.4 is 10.5 Å². The SMILES string of the molecule is CCn1cc(S(N)(=O)=O)cc1CNC. The predicted octanol–water partition coefficient (Wildman–Crippen LogP) is -0.125. The van der Waals surface area contributed by atoms with Crippen molar-refractivity contribution in [2.75, 3.05) is 7.05 Å². The largest absolute Gasteiger partial charge is 0.349 e. The molecule has 0 radical (unpaired) electrons. The number of rotatable bonds is 4. The Balaban J connectivity index is 3.13. The number of nitrogens with two attached hydrogens (primary N) is 1. The fourth-order valence-corrected chi connectivity index (χ4v) is 1.88. The van der Waals surface area contributed by atoms with Gasteiger partial charge in [0, 0.05) is 25.0 Å². The van der Waals surface area contributed by atoms with Crippen LogP contribution >= 0.6 is 0 Å². The molecule has 0 aromatic carbocycles. The smallest absolute Gasteiger partial charge is 0.239 e. The van der Waals surface area contributed by atoms with Gasteiger partial charge in [0.25, 0.3) is 0 Å². The molecule has 0 bridgehead atoms. The third-order valence-corrected chi connectivity index (χ3v) is 2.87. The van der Waals surface area contributed by atoms with Gasteiger partial charge in [-0.05, 0) is 20.0 Å². The highest BCUT2D eigenvalue weighted by atomic mass is 32.2. The van der Waals surface area contributed by atoms with E-state index in [1.807, 2.05) is 18.5 Å². The maximum Gasteiger partial charge on any atom is 0.239 e. The number of nitrogens with zero attached hydrogens (tertiary/aromatic N) is 1. The lowest BCUT2D eigenvalue weighted by Gasteiger charge is -2.03. The van der Waals surface area contributed by atoms with Gasteiger partial charge in [0.15, 0.2) is 0 Å². The molecular weight excluding hydrogens is 202 g/mol. The summed E-state index contributed by atoms with van der Waals surface area (Å²) in [5.74, 6) is 0. The normalized spacial score (nSPS) is 11.9. The molecule has 0 saturated carbocycles. The van der Waals surface area contributed by atoms with E-state index in [1.54, 1.807) is 12.3 Å². The van der Waals surface area contributed by atoms with E-state index in [2.05, 4.69) is 5.32 Å². The zero-order valence-corrected chi connectivity index (χ0v) is 9.13. The van der Waals surface area contributed by atoms with E-state index in [0.29, 0.717) is 6.54 Å². The van der Waals surface area contributed by atoms with Crippen molar-refractivity contribution in [1.82, 2.24) is 9.88 Å². The molecule has 0 aliphatic carbocycles. The average Bonchev–Trinajstić information content (AvgIpc) is 2.47. The van der Waals surface area contributed by atoms with Crippen molar-refractivity contribution in [1.29, 1.82) is 0 Å². The van der Waals surface area contributed by atoms with Crippen LogP contribution in [0.15, 0.2) is 17.2 Å². The van der Waals surface area contributed by atoms with Crippen molar-refractivity contribution in [3.63, 3.8) is 0 Å². The molecule has 0 spiro atoms. The summed E-state index contributed by atoms with van der Waals surface area (Å²) in [6.45, 7) is 3.31. The first-order chi connectivity index (χ1) is 6.49. The molecule has 0 saturated heterocycles. The molecule has 1 heterocycles. The zero-order chi connectivity index (χ0) is 10.8. The number of aryl methyl sites for hydroxylation is 1. The van der Waals surface area contributed by atoms with E-state index in [9.17, 15) is 8.42 Å². The van der Waals surface area contributed by atoms with Gasteiger partial charge in [-0.1, -0.05) is 0 Å². The van der Waals surface area contributed by atoms with Gasteiger partial charge in [-0.25, -0.2) is 13.6 Å². The molecule has 6 heteroatoms. The molecule has 1 rings (SSSR count). The van der Waals surface area contributed by atoms with Gasteiger partial charge in [0.05, 0.1) is 4.90 Å². The van der Waals surface area contributed by atoms with E-state index in [0.717, 1.165) is 12.2 Å². The first kappa shape index (κ1) is 11.2. The third kappa shape index (κ3) is 2.34. The molecule has 5 nitrogen and oxygen atoms in total. The van der Waals surface area contributed by atoms with Crippen molar-refractivity contribution in [3.8, 4) is 0 Å². The van der Waals surface area contributed by atoms with E-state index in [-0.39, 0.29) is 4.90 Å². The molecule has 0 unspecified atom stereocenters. The van der Waals surface area contributed by atoms with Crippen LogP contribution in [0.2, 0.25) is 0 Å². The summed E-state index contributed by atoms with van der Waals surface area (Å²) in [5.41, 5.74) is 0.916. The highest BCUT2D eigenvalue weighted by Gasteiger charge is 2.12. The van der Waals surface area contributed by atoms with Crippen molar-refractivity contribution >= 4 is 10.0 Å². The average molecular weight is 217 g/mol. The number of sulfonamides is 1. The Morgan fingerprint density at radius 1 is 1.57 bits per heavy atom. The first-order valence-electron chi connectivity index (χ1n) is 4.35. The van der Waals surface area contributed by atoms with Gasteiger partial charge in [-0.3, -0.25) is 0 Å². The number of hydrogen-bond acceptors (Lipinski definition) is 3. The monoisotopic (exact) mass is 217 g/mol. The Bertz CT molecular complexity index is 408. The lowest BCUT2D eigenvalue weighted by atomic mass is 10.4. The molecular formula is C8H15N3O2S. The Morgan fingerprint density at radius 2 is 2.21 bits per heavy atom. The summed E-state index contributed by atoms with van der Waals surface area (Å²) in [4.78, 5) is 0.171. The van der Waals surface area contributed by atoms with Crippen LogP contribution in [-0.4, -0.2) is 20.0 Å². The molecule has 3 N–H and O–H groups in total. The van der Waals surface area contributed by atoms with Crippen LogP contribution in [0.3, 0.4) is 0 Å². The minimum atomic E-state index is -3.58. The highest BCUT2D eigenvalue weighted by molar-refractivity contribution is 7.89. The summed E-state index contributed by atoms with van der Waals surface area (Å²) in [5, 5.41) is 8.00. The lowest BCUT2D eigenvalue weighted by molar-refractivity contribution is 0.597. The van der Waals surface area contributed by atoms with E-state index in [4.69, 9.17) is 5.14 Å². The second-order valence-corrected chi connectivity index (χ2v) is 4.59. The van der Waals surface area contributed by atoms with Crippen LogP contribution in [0.4, 0.5) is 0 Å². The molecule has 0 fully saturated rings. The maximum absolute atomic E-state index is 11.1. The van der Waals surface area contributed by atoms with Crippen LogP contribution in [0.1, 0.15) is 12.6 Å². The number of hydrogen-bond donors (Lipinski definition) is 2. The second-order valence-electron chi connectivity index (χ2n) is 3.03. The number of nitrogens with one attached hydrogen (secondary N) is 1. The van der Waals surface area contributed by atoms with Crippen LogP contribution in [-0.2, 0) is 23.1 Å². The topological polar surface area (TPSA) is 77.1 Å². The van der Waals surface area contributed by atoms with Crippen LogP contribution in [0, 0.1) is 0 Å². The van der Waals surface area contributed by atoms with Gasteiger partial charge in [0.2, 0.25) is 10.0 Å². The Labute approximate surface area is 84.0 Å². The Kier molecular flexibility index (Phi) is 3.30. The summed E-state index contributed by atoms with van der Waals surface area (Å²) in [6, 6.07) is 1.59. The van der Waals surface area contributed by atoms with Crippen molar-refractivity contribution < 1.29 is 8.42 Å². The standard InChI is InChI=1S/C8H15N3O2S/c1-3-11-6-8(14(9,12)13)4-7(11)5-10-2/h4,6,10H,3,5H2,1-2H3,(H2,9,12,13). The molecule has 1 aromatic rings. The fraction of sp³-hybridized carbons (Fsp3) is 0.500. The van der Waals surface area contributed by atoms with Gasteiger partial charge in [-0.15, -0.1) is 0 Å². The molecule has 14 heavy (non-hydrogen) atoms. The molecule has 0 aliphatic heterocycles. The van der Waals surface area contributed by atoms with Crippen molar-refractivity contribution in [2.45, 2.75) is 24.9 Å². The Hall–Kier alpha value is -0.850. The summed E-state index contributed by atoms with van der Waals surface area (Å²) in [6.07, 6.45) is 1.56. The van der Waals surface area contributed by atoms with Gasteiger partial charge in [-0.2, -0.15) is 0 Å². The van der Waals surface area contributed by atoms with Crippen LogP contribution in [0.25, 0.3) is 0 Å². The minimum Gasteiger partial charge on any atom is -0.349 e. The Morgan fingerprint density at radius 3 is 2.64 bits per heavy atom. The quantitative estimate of drug-likeness (QED) is 0.738. The van der Waals surface area contributed by atoms with Gasteiger partial charge in [0.1, 0.15) is 0 Å². The van der Waals surface area contributed by atoms with Gasteiger partial charge >= 0.3 is 0 Å². The van der Waals surface area contributed by atoms with Crippen LogP contribution in [0.5, 0.6) is 0 Å². The first-order valence-corrected chi connectivity index (χ1v) is 5.90. The molecule has 0 amide bonds. The summed E-state index contributed by atoms with van der Waals surface area (Å²) < 4.78 is 24.0. The minimum absolute atomic E-state index is 0.171. The predicted molar refractivity (Wildman–Crippen MR) is 54.2 cm³/mol. The number of aromatic nitrogens is 1. The van der Waals surface area contributed by atoms with E-state index >= 15 is 0 Å². The molecule has 80 valence electrons. The third-order valence-electron chi connectivity index (χ3n) is 1.99. The fourth-order valence-electron chi connectivity index (χ4n) is 1.30. The summed E-state index contributed by atoms with van der Waals surface area (Å²) >= 11 is 0. The lowest BCUT2D eigenvalue weighted by Crippen LogP contribution is -2.11. The molecule has 0 aliphatic rings. The van der Waals surface area contributed by atoms with Gasteiger partial charge < -0.3 is 9.88 Å². The zero-order valence-electron chi connectivity index (χ0n) is 8.32. The number of primary sulfonamides is 1. The molecule has 0 atom stereocenters. The van der Waals surface area contributed by atoms with E-state index < -0.39 is 10.0 Å².